The van der Waals surface area contributed by atoms with E-state index in [0.29, 0.717) is 19.0 Å². The highest BCUT2D eigenvalue weighted by Crippen LogP contribution is 2.27. The zero-order chi connectivity index (χ0) is 13.2. The largest absolute Gasteiger partial charge is 0.485 e. The van der Waals surface area contributed by atoms with Crippen LogP contribution in [0.15, 0.2) is 24.3 Å². The van der Waals surface area contributed by atoms with Crippen LogP contribution in [0.1, 0.15) is 13.8 Å². The van der Waals surface area contributed by atoms with Gasteiger partial charge in [-0.2, -0.15) is 0 Å². The third kappa shape index (κ3) is 2.60. The van der Waals surface area contributed by atoms with Crippen LogP contribution in [0.5, 0.6) is 5.75 Å². The molecule has 1 aliphatic heterocycles. The van der Waals surface area contributed by atoms with Crippen LogP contribution in [-0.4, -0.2) is 30.0 Å². The molecule has 1 saturated heterocycles. The number of rotatable bonds is 4. The Morgan fingerprint density at radius 3 is 2.39 bits per heavy atom. The number of non-ortho nitro benzene ring substituents is 1. The SMILES string of the molecule is C[C@@H](Oc1ccc([N+](=O)[O-])cc1)C1(C)OCCO1. The van der Waals surface area contributed by atoms with Crippen LogP contribution in [0.2, 0.25) is 0 Å². The van der Waals surface area contributed by atoms with E-state index in [2.05, 4.69) is 0 Å². The van der Waals surface area contributed by atoms with Crippen molar-refractivity contribution in [3.8, 4) is 5.75 Å². The molecule has 0 unspecified atom stereocenters. The van der Waals surface area contributed by atoms with Crippen molar-refractivity contribution in [3.05, 3.63) is 34.4 Å². The highest BCUT2D eigenvalue weighted by molar-refractivity contribution is 5.36. The summed E-state index contributed by atoms with van der Waals surface area (Å²) >= 11 is 0. The summed E-state index contributed by atoms with van der Waals surface area (Å²) in [4.78, 5) is 10.1. The minimum absolute atomic E-state index is 0.0366. The van der Waals surface area contributed by atoms with E-state index in [1.165, 1.54) is 12.1 Å². The Morgan fingerprint density at radius 2 is 1.89 bits per heavy atom. The van der Waals surface area contributed by atoms with E-state index in [4.69, 9.17) is 14.2 Å². The molecule has 1 aliphatic rings. The molecule has 1 atom stereocenters. The number of benzene rings is 1. The number of nitro benzene ring substituents is 1. The monoisotopic (exact) mass is 253 g/mol. The smallest absolute Gasteiger partial charge is 0.269 e. The molecule has 0 spiro atoms. The Bertz CT molecular complexity index is 425. The molecule has 0 aromatic heterocycles. The third-order valence-electron chi connectivity index (χ3n) is 2.96. The quantitative estimate of drug-likeness (QED) is 0.607. The molecule has 1 heterocycles. The van der Waals surface area contributed by atoms with Crippen molar-refractivity contribution in [2.24, 2.45) is 0 Å². The number of hydrogen-bond donors (Lipinski definition) is 0. The van der Waals surface area contributed by atoms with E-state index in [0.717, 1.165) is 0 Å². The van der Waals surface area contributed by atoms with Gasteiger partial charge in [-0.15, -0.1) is 0 Å². The van der Waals surface area contributed by atoms with Crippen molar-refractivity contribution in [1.29, 1.82) is 0 Å². The van der Waals surface area contributed by atoms with Gasteiger partial charge in [0.25, 0.3) is 5.69 Å². The second-order valence-electron chi connectivity index (χ2n) is 4.22. The molecule has 0 radical (unpaired) electrons. The Hall–Kier alpha value is -1.66. The van der Waals surface area contributed by atoms with Crippen LogP contribution in [0.4, 0.5) is 5.69 Å². The standard InChI is InChI=1S/C12H15NO5/c1-9(12(2)16-7-8-17-12)18-11-5-3-10(4-6-11)13(14)15/h3-6,9H,7-8H2,1-2H3/t9-/m1/s1. The summed E-state index contributed by atoms with van der Waals surface area (Å²) in [5.41, 5.74) is 0.0366. The summed E-state index contributed by atoms with van der Waals surface area (Å²) in [6.07, 6.45) is -0.304. The molecule has 0 aliphatic carbocycles. The minimum atomic E-state index is -0.762. The lowest BCUT2D eigenvalue weighted by Gasteiger charge is -2.29. The van der Waals surface area contributed by atoms with Crippen molar-refractivity contribution in [2.45, 2.75) is 25.7 Å². The topological polar surface area (TPSA) is 70.8 Å². The maximum atomic E-state index is 10.5. The molecule has 6 heteroatoms. The fourth-order valence-corrected chi connectivity index (χ4v) is 1.72. The lowest BCUT2D eigenvalue weighted by atomic mass is 10.2. The van der Waals surface area contributed by atoms with Crippen LogP contribution in [-0.2, 0) is 9.47 Å². The fraction of sp³-hybridized carbons (Fsp3) is 0.500. The van der Waals surface area contributed by atoms with Crippen molar-refractivity contribution in [1.82, 2.24) is 0 Å². The molecule has 0 N–H and O–H groups in total. The van der Waals surface area contributed by atoms with E-state index in [-0.39, 0.29) is 11.8 Å². The van der Waals surface area contributed by atoms with Gasteiger partial charge < -0.3 is 14.2 Å². The van der Waals surface area contributed by atoms with E-state index in [9.17, 15) is 10.1 Å². The van der Waals surface area contributed by atoms with Crippen LogP contribution >= 0.6 is 0 Å². The first-order valence-corrected chi connectivity index (χ1v) is 5.70. The lowest BCUT2D eigenvalue weighted by Crippen LogP contribution is -2.42. The van der Waals surface area contributed by atoms with Crippen LogP contribution < -0.4 is 4.74 Å². The average molecular weight is 253 g/mol. The Kier molecular flexibility index (Phi) is 3.49. The molecule has 0 bridgehead atoms. The second-order valence-corrected chi connectivity index (χ2v) is 4.22. The van der Waals surface area contributed by atoms with Gasteiger partial charge in [-0.25, -0.2) is 0 Å². The van der Waals surface area contributed by atoms with Crippen LogP contribution in [0.25, 0.3) is 0 Å². The van der Waals surface area contributed by atoms with Crippen LogP contribution in [0, 0.1) is 10.1 Å². The molecule has 0 saturated carbocycles. The van der Waals surface area contributed by atoms with Crippen molar-refractivity contribution < 1.29 is 19.1 Å². The van der Waals surface area contributed by atoms with E-state index in [1.54, 1.807) is 12.1 Å². The van der Waals surface area contributed by atoms with Gasteiger partial charge in [-0.05, 0) is 26.0 Å². The summed E-state index contributed by atoms with van der Waals surface area (Å²) < 4.78 is 16.6. The minimum Gasteiger partial charge on any atom is -0.485 e. The van der Waals surface area contributed by atoms with E-state index < -0.39 is 10.7 Å². The zero-order valence-corrected chi connectivity index (χ0v) is 10.3. The molecule has 0 amide bonds. The lowest BCUT2D eigenvalue weighted by molar-refractivity contribution is -0.384. The maximum Gasteiger partial charge on any atom is 0.269 e. The average Bonchev–Trinajstić information content (AvgIpc) is 2.78. The number of ether oxygens (including phenoxy) is 3. The molecule has 18 heavy (non-hydrogen) atoms. The molecule has 1 aromatic rings. The number of hydrogen-bond acceptors (Lipinski definition) is 5. The summed E-state index contributed by atoms with van der Waals surface area (Å²) in [6.45, 7) is 4.75. The first-order chi connectivity index (χ1) is 8.51. The molecular formula is C12H15NO5. The first-order valence-electron chi connectivity index (χ1n) is 5.70. The van der Waals surface area contributed by atoms with Gasteiger partial charge in [-0.1, -0.05) is 0 Å². The summed E-state index contributed by atoms with van der Waals surface area (Å²) in [5.74, 6) is -0.213. The predicted molar refractivity (Wildman–Crippen MR) is 63.5 cm³/mol. The highest BCUT2D eigenvalue weighted by atomic mass is 16.8. The maximum absolute atomic E-state index is 10.5. The predicted octanol–water partition coefficient (Wildman–Crippen LogP) is 2.13. The molecule has 1 aromatic carbocycles. The molecule has 98 valence electrons. The van der Waals surface area contributed by atoms with E-state index >= 15 is 0 Å². The molecular weight excluding hydrogens is 238 g/mol. The van der Waals surface area contributed by atoms with Gasteiger partial charge >= 0.3 is 0 Å². The Balaban J connectivity index is 2.02. The van der Waals surface area contributed by atoms with Gasteiger partial charge in [-0.3, -0.25) is 10.1 Å². The Labute approximate surface area is 105 Å². The first kappa shape index (κ1) is 12.8. The van der Waals surface area contributed by atoms with Gasteiger partial charge in [0.2, 0.25) is 5.79 Å². The second kappa shape index (κ2) is 4.91. The van der Waals surface area contributed by atoms with Crippen LogP contribution in [0.3, 0.4) is 0 Å². The molecule has 2 rings (SSSR count). The van der Waals surface area contributed by atoms with Crippen molar-refractivity contribution in [2.75, 3.05) is 13.2 Å². The van der Waals surface area contributed by atoms with Gasteiger partial charge in [0, 0.05) is 12.1 Å². The number of nitro groups is 1. The summed E-state index contributed by atoms with van der Waals surface area (Å²) in [6, 6.07) is 5.93. The third-order valence-corrected chi connectivity index (χ3v) is 2.96. The summed E-state index contributed by atoms with van der Waals surface area (Å²) in [7, 11) is 0. The number of nitrogens with zero attached hydrogens (tertiary/aromatic N) is 1. The highest BCUT2D eigenvalue weighted by Gasteiger charge is 2.38. The van der Waals surface area contributed by atoms with Gasteiger partial charge in [0.05, 0.1) is 18.1 Å². The van der Waals surface area contributed by atoms with Gasteiger partial charge in [0.15, 0.2) is 0 Å². The van der Waals surface area contributed by atoms with Gasteiger partial charge in [0.1, 0.15) is 11.9 Å². The zero-order valence-electron chi connectivity index (χ0n) is 10.3. The normalized spacial score (nSPS) is 19.4. The molecule has 6 nitrogen and oxygen atoms in total. The van der Waals surface area contributed by atoms with Crippen molar-refractivity contribution in [3.63, 3.8) is 0 Å². The molecule has 1 fully saturated rings. The Morgan fingerprint density at radius 1 is 1.33 bits per heavy atom. The fourth-order valence-electron chi connectivity index (χ4n) is 1.72. The van der Waals surface area contributed by atoms with Crippen molar-refractivity contribution >= 4 is 5.69 Å². The van der Waals surface area contributed by atoms with E-state index in [1.807, 2.05) is 13.8 Å². The summed E-state index contributed by atoms with van der Waals surface area (Å²) in [5, 5.41) is 10.5.